The van der Waals surface area contributed by atoms with Crippen LogP contribution in [0.25, 0.3) is 5.76 Å². The number of aliphatic hydroxyl groups is 1. The normalized spacial score (nSPS) is 17.7. The molecule has 1 atom stereocenters. The second-order valence-corrected chi connectivity index (χ2v) is 9.85. The molecular formula is C27H26N2O4S. The van der Waals surface area contributed by atoms with Gasteiger partial charge < -0.3 is 9.84 Å². The summed E-state index contributed by atoms with van der Waals surface area (Å²) in [6.07, 6.45) is 3.22. The zero-order valence-electron chi connectivity index (χ0n) is 19.3. The molecule has 1 unspecified atom stereocenters. The molecule has 7 heteroatoms. The molecule has 0 bridgehead atoms. The van der Waals surface area contributed by atoms with Crippen molar-refractivity contribution in [3.8, 4) is 5.75 Å². The third kappa shape index (κ3) is 4.39. The molecule has 2 aromatic carbocycles. The molecular weight excluding hydrogens is 448 g/mol. The molecule has 2 heterocycles. The number of Topliss-reactive ketones (excluding diaryl/α,β-unsaturated/α-hetero) is 1. The van der Waals surface area contributed by atoms with Gasteiger partial charge in [-0.25, -0.2) is 4.98 Å². The summed E-state index contributed by atoms with van der Waals surface area (Å²) in [4.78, 5) is 31.9. The number of aliphatic hydroxyl groups excluding tert-OH is 1. The Morgan fingerprint density at radius 2 is 1.82 bits per heavy atom. The Balaban J connectivity index is 1.83. The van der Waals surface area contributed by atoms with Crippen LogP contribution in [0.2, 0.25) is 0 Å². The van der Waals surface area contributed by atoms with E-state index in [1.54, 1.807) is 41.9 Å². The molecule has 174 valence electrons. The molecule has 6 nitrogen and oxygen atoms in total. The number of amides is 1. The lowest BCUT2D eigenvalue weighted by Crippen LogP contribution is -2.29. The van der Waals surface area contributed by atoms with Crippen molar-refractivity contribution in [2.75, 3.05) is 11.5 Å². The number of ketones is 1. The first-order chi connectivity index (χ1) is 16.2. The van der Waals surface area contributed by atoms with Gasteiger partial charge in [0.05, 0.1) is 11.6 Å². The number of nitrogens with zero attached hydrogens (tertiary/aromatic N) is 2. The van der Waals surface area contributed by atoms with E-state index in [1.807, 2.05) is 24.3 Å². The highest BCUT2D eigenvalue weighted by Gasteiger charge is 2.48. The molecule has 1 N–H and O–H groups in total. The SMILES string of the molecule is C=CCOc1ccc(C(O)=C2C(=O)C(=O)N(c3nccs3)C2c2ccc(C(C)(C)C)cc2)cc1. The minimum Gasteiger partial charge on any atom is -0.507 e. The van der Waals surface area contributed by atoms with Crippen molar-refractivity contribution in [2.45, 2.75) is 32.2 Å². The predicted molar refractivity (Wildman–Crippen MR) is 134 cm³/mol. The number of rotatable bonds is 6. The van der Waals surface area contributed by atoms with Crippen molar-refractivity contribution >= 4 is 33.9 Å². The van der Waals surface area contributed by atoms with E-state index in [-0.39, 0.29) is 16.7 Å². The average molecular weight is 475 g/mol. The van der Waals surface area contributed by atoms with E-state index < -0.39 is 17.7 Å². The van der Waals surface area contributed by atoms with Gasteiger partial charge in [0, 0.05) is 17.1 Å². The van der Waals surface area contributed by atoms with Crippen LogP contribution >= 0.6 is 11.3 Å². The molecule has 0 saturated carbocycles. The highest BCUT2D eigenvalue weighted by molar-refractivity contribution is 7.14. The smallest absolute Gasteiger partial charge is 0.301 e. The Hall–Kier alpha value is -3.71. The van der Waals surface area contributed by atoms with Crippen molar-refractivity contribution in [3.05, 3.63) is 95.0 Å². The summed E-state index contributed by atoms with van der Waals surface area (Å²) in [5.41, 5.74) is 2.24. The lowest BCUT2D eigenvalue weighted by atomic mass is 9.85. The summed E-state index contributed by atoms with van der Waals surface area (Å²) >= 11 is 1.26. The minimum atomic E-state index is -0.795. The zero-order chi connectivity index (χ0) is 24.5. The number of anilines is 1. The number of hydrogen-bond donors (Lipinski definition) is 1. The molecule has 0 aliphatic carbocycles. The van der Waals surface area contributed by atoms with Gasteiger partial charge >= 0.3 is 5.91 Å². The van der Waals surface area contributed by atoms with Crippen LogP contribution in [0.3, 0.4) is 0 Å². The van der Waals surface area contributed by atoms with Gasteiger partial charge in [-0.15, -0.1) is 11.3 Å². The number of aromatic nitrogens is 1. The Morgan fingerprint density at radius 1 is 1.15 bits per heavy atom. The van der Waals surface area contributed by atoms with Gasteiger partial charge in [-0.2, -0.15) is 0 Å². The van der Waals surface area contributed by atoms with Crippen LogP contribution in [-0.4, -0.2) is 28.4 Å². The maximum Gasteiger partial charge on any atom is 0.301 e. The Kier molecular flexibility index (Phi) is 6.39. The van der Waals surface area contributed by atoms with Crippen LogP contribution in [0.1, 0.15) is 43.5 Å². The molecule has 1 amide bonds. The van der Waals surface area contributed by atoms with Gasteiger partial charge in [0.15, 0.2) is 5.13 Å². The first kappa shape index (κ1) is 23.4. The molecule has 34 heavy (non-hydrogen) atoms. The molecule has 1 fully saturated rings. The quantitative estimate of drug-likeness (QED) is 0.217. The monoisotopic (exact) mass is 474 g/mol. The van der Waals surface area contributed by atoms with E-state index in [4.69, 9.17) is 4.74 Å². The van der Waals surface area contributed by atoms with Gasteiger partial charge in [-0.3, -0.25) is 14.5 Å². The minimum absolute atomic E-state index is 0.0310. The van der Waals surface area contributed by atoms with Crippen molar-refractivity contribution in [1.82, 2.24) is 4.98 Å². The zero-order valence-corrected chi connectivity index (χ0v) is 20.1. The molecule has 4 rings (SSSR count). The maximum absolute atomic E-state index is 13.2. The van der Waals surface area contributed by atoms with Crippen LogP contribution in [0.15, 0.2) is 78.3 Å². The van der Waals surface area contributed by atoms with Gasteiger partial charge in [-0.05, 0) is 40.8 Å². The van der Waals surface area contributed by atoms with Gasteiger partial charge in [0.1, 0.15) is 18.1 Å². The van der Waals surface area contributed by atoms with E-state index in [0.29, 0.717) is 23.1 Å². The summed E-state index contributed by atoms with van der Waals surface area (Å²) in [5, 5.41) is 13.4. The highest BCUT2D eigenvalue weighted by atomic mass is 32.1. The number of benzene rings is 2. The lowest BCUT2D eigenvalue weighted by Gasteiger charge is -2.24. The molecule has 0 radical (unpaired) electrons. The maximum atomic E-state index is 13.2. The van der Waals surface area contributed by atoms with Crippen molar-refractivity contribution < 1.29 is 19.4 Å². The molecule has 1 aliphatic heterocycles. The Labute approximate surface area is 202 Å². The molecule has 1 aromatic heterocycles. The molecule has 3 aromatic rings. The van der Waals surface area contributed by atoms with E-state index >= 15 is 0 Å². The summed E-state index contributed by atoms with van der Waals surface area (Å²) in [6.45, 7) is 10.3. The van der Waals surface area contributed by atoms with Crippen LogP contribution in [0.5, 0.6) is 5.75 Å². The fraction of sp³-hybridized carbons (Fsp3) is 0.222. The topological polar surface area (TPSA) is 79.7 Å². The molecule has 1 aliphatic rings. The standard InChI is InChI=1S/C27H26N2O4S/c1-5-15-33-20-12-8-18(9-13-20)23(30)21-22(17-6-10-19(11-7-17)27(2,3)4)29(25(32)24(21)31)26-28-14-16-34-26/h5-14,16,22,30H,1,15H2,2-4H3. The third-order valence-corrected chi connectivity index (χ3v) is 6.43. The summed E-state index contributed by atoms with van der Waals surface area (Å²) in [5.74, 6) is -1.09. The van der Waals surface area contributed by atoms with E-state index in [1.165, 1.54) is 16.2 Å². The van der Waals surface area contributed by atoms with Gasteiger partial charge in [-0.1, -0.05) is 57.7 Å². The fourth-order valence-electron chi connectivity index (χ4n) is 3.87. The van der Waals surface area contributed by atoms with Crippen LogP contribution in [0.4, 0.5) is 5.13 Å². The van der Waals surface area contributed by atoms with Crippen LogP contribution in [0, 0.1) is 0 Å². The van der Waals surface area contributed by atoms with E-state index in [9.17, 15) is 14.7 Å². The van der Waals surface area contributed by atoms with Crippen molar-refractivity contribution in [2.24, 2.45) is 0 Å². The number of hydrogen-bond acceptors (Lipinski definition) is 6. The lowest BCUT2D eigenvalue weighted by molar-refractivity contribution is -0.132. The first-order valence-corrected chi connectivity index (χ1v) is 11.8. The summed E-state index contributed by atoms with van der Waals surface area (Å²) in [7, 11) is 0. The number of carbonyl (C=O) groups excluding carboxylic acids is 2. The Bertz CT molecular complexity index is 1240. The van der Waals surface area contributed by atoms with Gasteiger partial charge in [0.25, 0.3) is 5.78 Å². The fourth-order valence-corrected chi connectivity index (χ4v) is 4.53. The van der Waals surface area contributed by atoms with Gasteiger partial charge in [0.2, 0.25) is 0 Å². The van der Waals surface area contributed by atoms with Crippen molar-refractivity contribution in [3.63, 3.8) is 0 Å². The summed E-state index contributed by atoms with van der Waals surface area (Å²) < 4.78 is 5.50. The second-order valence-electron chi connectivity index (χ2n) is 8.98. The predicted octanol–water partition coefficient (Wildman–Crippen LogP) is 5.63. The molecule has 1 saturated heterocycles. The van der Waals surface area contributed by atoms with Crippen molar-refractivity contribution in [1.29, 1.82) is 0 Å². The van der Waals surface area contributed by atoms with Crippen LogP contribution < -0.4 is 9.64 Å². The number of carbonyl (C=O) groups is 2. The average Bonchev–Trinajstić information content (AvgIpc) is 3.44. The first-order valence-electron chi connectivity index (χ1n) is 10.9. The second kappa shape index (κ2) is 9.27. The highest BCUT2D eigenvalue weighted by Crippen LogP contribution is 2.43. The number of ether oxygens (including phenoxy) is 1. The number of thiazole rings is 1. The molecule has 0 spiro atoms. The van der Waals surface area contributed by atoms with E-state index in [0.717, 1.165) is 11.1 Å². The summed E-state index contributed by atoms with van der Waals surface area (Å²) in [6, 6.07) is 13.7. The third-order valence-electron chi connectivity index (χ3n) is 5.66. The van der Waals surface area contributed by atoms with Crippen LogP contribution in [-0.2, 0) is 15.0 Å². The van der Waals surface area contributed by atoms with E-state index in [2.05, 4.69) is 32.3 Å². The largest absolute Gasteiger partial charge is 0.507 e. The Morgan fingerprint density at radius 3 is 2.38 bits per heavy atom.